The van der Waals surface area contributed by atoms with Crippen LogP contribution in [0.15, 0.2) is 23.3 Å². The van der Waals surface area contributed by atoms with Crippen molar-refractivity contribution in [2.24, 2.45) is 5.11 Å². The van der Waals surface area contributed by atoms with E-state index >= 15 is 0 Å². The van der Waals surface area contributed by atoms with Gasteiger partial charge in [0.2, 0.25) is 0 Å². The number of benzene rings is 1. The quantitative estimate of drug-likeness (QED) is 0.269. The third kappa shape index (κ3) is 3.97. The Bertz CT molecular complexity index is 375. The van der Waals surface area contributed by atoms with Crippen LogP contribution in [0, 0.1) is 3.57 Å². The van der Waals surface area contributed by atoms with E-state index in [-0.39, 0.29) is 0 Å². The lowest BCUT2D eigenvalue weighted by atomic mass is 10.1. The predicted octanol–water partition coefficient (Wildman–Crippen LogP) is 3.54. The molecule has 0 aromatic heterocycles. The maximum atomic E-state index is 8.13. The molecule has 0 aliphatic carbocycles. The monoisotopic (exact) mass is 317 g/mol. The molecule has 0 saturated carbocycles. The van der Waals surface area contributed by atoms with Crippen LogP contribution in [-0.2, 0) is 6.42 Å². The second-order valence-electron chi connectivity index (χ2n) is 3.02. The summed E-state index contributed by atoms with van der Waals surface area (Å²) in [6.45, 7) is 0.554. The molecule has 4 nitrogen and oxygen atoms in total. The summed E-state index contributed by atoms with van der Waals surface area (Å²) in [5, 5.41) is 3.50. The fourth-order valence-corrected chi connectivity index (χ4v) is 2.00. The Hall–Kier alpha value is -0.940. The summed E-state index contributed by atoms with van der Waals surface area (Å²) in [6.07, 6.45) is 1.81. The van der Waals surface area contributed by atoms with E-state index in [0.29, 0.717) is 6.54 Å². The number of hydrogen-bond acceptors (Lipinski definition) is 2. The molecule has 0 amide bonds. The highest BCUT2D eigenvalue weighted by Crippen LogP contribution is 2.20. The summed E-state index contributed by atoms with van der Waals surface area (Å²) in [5.74, 6) is 0.873. The molecule has 80 valence electrons. The third-order valence-corrected chi connectivity index (χ3v) is 3.03. The fraction of sp³-hybridized carbons (Fsp3) is 0.400. The normalized spacial score (nSPS) is 9.47. The van der Waals surface area contributed by atoms with Crippen molar-refractivity contribution in [3.8, 4) is 5.75 Å². The molecule has 0 saturated heterocycles. The summed E-state index contributed by atoms with van der Waals surface area (Å²) in [6, 6.07) is 6.01. The summed E-state index contributed by atoms with van der Waals surface area (Å²) >= 11 is 2.29. The minimum Gasteiger partial charge on any atom is -0.497 e. The molecular weight excluding hydrogens is 305 g/mol. The second kappa shape index (κ2) is 6.53. The first-order valence-corrected chi connectivity index (χ1v) is 5.69. The second-order valence-corrected chi connectivity index (χ2v) is 4.18. The molecule has 0 spiro atoms. The van der Waals surface area contributed by atoms with Gasteiger partial charge in [-0.25, -0.2) is 0 Å². The van der Waals surface area contributed by atoms with Crippen LogP contribution in [-0.4, -0.2) is 13.7 Å². The Labute approximate surface area is 102 Å². The van der Waals surface area contributed by atoms with Gasteiger partial charge >= 0.3 is 0 Å². The van der Waals surface area contributed by atoms with Gasteiger partial charge in [0, 0.05) is 15.0 Å². The first-order valence-electron chi connectivity index (χ1n) is 4.61. The van der Waals surface area contributed by atoms with Gasteiger partial charge in [-0.3, -0.25) is 0 Å². The van der Waals surface area contributed by atoms with E-state index in [0.717, 1.165) is 18.6 Å². The Morgan fingerprint density at radius 1 is 1.53 bits per heavy atom. The van der Waals surface area contributed by atoms with Crippen molar-refractivity contribution in [3.05, 3.63) is 37.8 Å². The van der Waals surface area contributed by atoms with E-state index in [1.54, 1.807) is 7.11 Å². The van der Waals surface area contributed by atoms with Gasteiger partial charge in [0.15, 0.2) is 0 Å². The maximum Gasteiger partial charge on any atom is 0.119 e. The molecule has 5 heteroatoms. The van der Waals surface area contributed by atoms with Crippen LogP contribution in [0.25, 0.3) is 10.4 Å². The molecule has 1 aromatic carbocycles. The lowest BCUT2D eigenvalue weighted by Crippen LogP contribution is -1.93. The van der Waals surface area contributed by atoms with Gasteiger partial charge in [-0.1, -0.05) is 11.2 Å². The van der Waals surface area contributed by atoms with Crippen LogP contribution in [0.5, 0.6) is 5.75 Å². The number of hydrogen-bond donors (Lipinski definition) is 0. The molecule has 0 radical (unpaired) electrons. The molecule has 0 aliphatic rings. The topological polar surface area (TPSA) is 58.0 Å². The Kier molecular flexibility index (Phi) is 5.28. The van der Waals surface area contributed by atoms with Gasteiger partial charge < -0.3 is 4.74 Å². The zero-order chi connectivity index (χ0) is 11.1. The van der Waals surface area contributed by atoms with Gasteiger partial charge in [-0.2, -0.15) is 0 Å². The van der Waals surface area contributed by atoms with Crippen molar-refractivity contribution in [1.29, 1.82) is 0 Å². The maximum absolute atomic E-state index is 8.13. The number of methoxy groups -OCH3 is 1. The van der Waals surface area contributed by atoms with E-state index in [4.69, 9.17) is 10.3 Å². The van der Waals surface area contributed by atoms with E-state index in [1.165, 1.54) is 9.13 Å². The van der Waals surface area contributed by atoms with Crippen LogP contribution in [0.1, 0.15) is 12.0 Å². The Morgan fingerprint density at radius 2 is 2.33 bits per heavy atom. The van der Waals surface area contributed by atoms with Gasteiger partial charge in [-0.05, 0) is 58.7 Å². The number of aryl methyl sites for hydroxylation is 1. The minimum atomic E-state index is 0.554. The van der Waals surface area contributed by atoms with Crippen LogP contribution >= 0.6 is 22.6 Å². The van der Waals surface area contributed by atoms with Gasteiger partial charge in [0.1, 0.15) is 5.75 Å². The smallest absolute Gasteiger partial charge is 0.119 e. The van der Waals surface area contributed by atoms with Crippen molar-refractivity contribution >= 4 is 22.6 Å². The third-order valence-electron chi connectivity index (χ3n) is 2.03. The van der Waals surface area contributed by atoms with Crippen molar-refractivity contribution in [2.45, 2.75) is 12.8 Å². The molecule has 0 unspecified atom stereocenters. The highest BCUT2D eigenvalue weighted by molar-refractivity contribution is 14.1. The van der Waals surface area contributed by atoms with Crippen LogP contribution in [0.2, 0.25) is 0 Å². The molecule has 15 heavy (non-hydrogen) atoms. The SMILES string of the molecule is COc1ccc(CCCN=[N+]=[N-])c(I)c1. The summed E-state index contributed by atoms with van der Waals surface area (Å²) in [7, 11) is 1.66. The number of azide groups is 1. The molecule has 0 N–H and O–H groups in total. The summed E-state index contributed by atoms with van der Waals surface area (Å²) in [5.41, 5.74) is 9.39. The van der Waals surface area contributed by atoms with Crippen LogP contribution < -0.4 is 4.74 Å². The molecule has 1 aromatic rings. The fourth-order valence-electron chi connectivity index (χ4n) is 1.24. The number of halogens is 1. The Morgan fingerprint density at radius 3 is 2.93 bits per heavy atom. The van der Waals surface area contributed by atoms with Crippen LogP contribution in [0.4, 0.5) is 0 Å². The lowest BCUT2D eigenvalue weighted by Gasteiger charge is -2.05. The van der Waals surface area contributed by atoms with Gasteiger partial charge in [0.05, 0.1) is 7.11 Å². The summed E-state index contributed by atoms with van der Waals surface area (Å²) < 4.78 is 6.31. The molecule has 0 heterocycles. The average molecular weight is 317 g/mol. The largest absolute Gasteiger partial charge is 0.497 e. The molecule has 1 rings (SSSR count). The standard InChI is InChI=1S/C10H12IN3O/c1-15-9-5-4-8(10(11)7-9)3-2-6-13-14-12/h4-5,7H,2-3,6H2,1H3. The molecule has 0 fully saturated rings. The molecule has 0 bridgehead atoms. The van der Waals surface area contributed by atoms with Gasteiger partial charge in [0.25, 0.3) is 0 Å². The van der Waals surface area contributed by atoms with Crippen LogP contribution in [0.3, 0.4) is 0 Å². The van der Waals surface area contributed by atoms with Crippen molar-refractivity contribution < 1.29 is 4.74 Å². The molecule has 0 aliphatic heterocycles. The van der Waals surface area contributed by atoms with Crippen molar-refractivity contribution in [3.63, 3.8) is 0 Å². The first-order chi connectivity index (χ1) is 7.27. The number of ether oxygens (including phenoxy) is 1. The number of rotatable bonds is 5. The minimum absolute atomic E-state index is 0.554. The molecular formula is C10H12IN3O. The lowest BCUT2D eigenvalue weighted by molar-refractivity contribution is 0.414. The van der Waals surface area contributed by atoms with E-state index in [9.17, 15) is 0 Å². The highest BCUT2D eigenvalue weighted by atomic mass is 127. The average Bonchev–Trinajstić information content (AvgIpc) is 2.26. The van der Waals surface area contributed by atoms with Crippen molar-refractivity contribution in [2.75, 3.05) is 13.7 Å². The summed E-state index contributed by atoms with van der Waals surface area (Å²) in [4.78, 5) is 2.72. The Balaban J connectivity index is 2.57. The predicted molar refractivity (Wildman–Crippen MR) is 68.0 cm³/mol. The molecule has 0 atom stereocenters. The van der Waals surface area contributed by atoms with Gasteiger partial charge in [-0.15, -0.1) is 0 Å². The zero-order valence-corrected chi connectivity index (χ0v) is 10.6. The number of nitrogens with zero attached hydrogens (tertiary/aromatic N) is 3. The first kappa shape index (κ1) is 12.1. The van der Waals surface area contributed by atoms with E-state index in [1.807, 2.05) is 12.1 Å². The highest BCUT2D eigenvalue weighted by Gasteiger charge is 2.01. The van der Waals surface area contributed by atoms with E-state index in [2.05, 4.69) is 38.7 Å². The zero-order valence-electron chi connectivity index (χ0n) is 8.48. The van der Waals surface area contributed by atoms with Crippen molar-refractivity contribution in [1.82, 2.24) is 0 Å². The van der Waals surface area contributed by atoms with E-state index < -0.39 is 0 Å².